The standard InChI is InChI=1S/C13H11ClN2O4S/c1-21(19,20)15-10-5-6-12(13(14)8-10)9-3-2-4-11(7-9)16(17)18/h2-8,15H,1H3. The third kappa shape index (κ3) is 3.93. The number of hydrogen-bond acceptors (Lipinski definition) is 4. The molecule has 2 rings (SSSR count). The molecule has 0 saturated heterocycles. The van der Waals surface area contributed by atoms with E-state index >= 15 is 0 Å². The van der Waals surface area contributed by atoms with Gasteiger partial charge in [0.05, 0.1) is 16.2 Å². The summed E-state index contributed by atoms with van der Waals surface area (Å²) in [6.45, 7) is 0. The molecule has 0 heterocycles. The quantitative estimate of drug-likeness (QED) is 0.689. The first-order chi connectivity index (χ1) is 9.76. The van der Waals surface area contributed by atoms with E-state index in [4.69, 9.17) is 11.6 Å². The molecule has 6 nitrogen and oxygen atoms in total. The first-order valence-corrected chi connectivity index (χ1v) is 8.05. The average molecular weight is 327 g/mol. The molecular formula is C13H11ClN2O4S. The number of non-ortho nitro benzene ring substituents is 1. The first kappa shape index (κ1) is 15.3. The summed E-state index contributed by atoms with van der Waals surface area (Å²) in [4.78, 5) is 10.3. The summed E-state index contributed by atoms with van der Waals surface area (Å²) in [7, 11) is -3.39. The number of nitro groups is 1. The molecule has 110 valence electrons. The Kier molecular flexibility index (Phi) is 4.15. The third-order valence-electron chi connectivity index (χ3n) is 2.64. The van der Waals surface area contributed by atoms with Crippen molar-refractivity contribution in [2.75, 3.05) is 11.0 Å². The van der Waals surface area contributed by atoms with Crippen LogP contribution in [0.3, 0.4) is 0 Å². The van der Waals surface area contributed by atoms with Crippen molar-refractivity contribution in [3.63, 3.8) is 0 Å². The Morgan fingerprint density at radius 2 is 1.90 bits per heavy atom. The minimum Gasteiger partial charge on any atom is -0.284 e. The molecule has 0 aromatic heterocycles. The molecule has 0 spiro atoms. The van der Waals surface area contributed by atoms with Gasteiger partial charge in [0.25, 0.3) is 5.69 Å². The first-order valence-electron chi connectivity index (χ1n) is 5.78. The number of halogens is 1. The molecule has 0 aliphatic rings. The Labute approximate surface area is 126 Å². The minimum absolute atomic E-state index is 0.0399. The lowest BCUT2D eigenvalue weighted by Gasteiger charge is -2.08. The Balaban J connectivity index is 2.42. The van der Waals surface area contributed by atoms with Gasteiger partial charge in [0.1, 0.15) is 0 Å². The highest BCUT2D eigenvalue weighted by Crippen LogP contribution is 2.32. The van der Waals surface area contributed by atoms with E-state index < -0.39 is 14.9 Å². The molecular weight excluding hydrogens is 316 g/mol. The molecule has 2 aromatic rings. The fourth-order valence-corrected chi connectivity index (χ4v) is 2.66. The lowest BCUT2D eigenvalue weighted by Crippen LogP contribution is -2.09. The van der Waals surface area contributed by atoms with Crippen molar-refractivity contribution in [2.24, 2.45) is 0 Å². The summed E-state index contributed by atoms with van der Waals surface area (Å²) in [6, 6.07) is 10.7. The number of hydrogen-bond donors (Lipinski definition) is 1. The van der Waals surface area contributed by atoms with E-state index in [0.29, 0.717) is 21.8 Å². The van der Waals surface area contributed by atoms with Crippen molar-refractivity contribution >= 4 is 33.0 Å². The van der Waals surface area contributed by atoms with Crippen molar-refractivity contribution in [2.45, 2.75) is 0 Å². The second kappa shape index (κ2) is 5.71. The zero-order valence-corrected chi connectivity index (χ0v) is 12.5. The highest BCUT2D eigenvalue weighted by Gasteiger charge is 2.11. The summed E-state index contributed by atoms with van der Waals surface area (Å²) in [5.74, 6) is 0. The number of nitro benzene ring substituents is 1. The minimum atomic E-state index is -3.39. The molecule has 1 N–H and O–H groups in total. The van der Waals surface area contributed by atoms with Gasteiger partial charge in [0.2, 0.25) is 10.0 Å². The van der Waals surface area contributed by atoms with Gasteiger partial charge >= 0.3 is 0 Å². The monoisotopic (exact) mass is 326 g/mol. The Hall–Kier alpha value is -2.12. The lowest BCUT2D eigenvalue weighted by molar-refractivity contribution is -0.384. The Morgan fingerprint density at radius 3 is 2.48 bits per heavy atom. The van der Waals surface area contributed by atoms with Gasteiger partial charge < -0.3 is 0 Å². The van der Waals surface area contributed by atoms with Gasteiger partial charge in [-0.1, -0.05) is 29.8 Å². The zero-order valence-electron chi connectivity index (χ0n) is 10.9. The number of nitrogens with one attached hydrogen (secondary N) is 1. The Morgan fingerprint density at radius 1 is 1.19 bits per heavy atom. The van der Waals surface area contributed by atoms with Crippen molar-refractivity contribution in [3.8, 4) is 11.1 Å². The molecule has 8 heteroatoms. The normalized spacial score (nSPS) is 11.1. The van der Waals surface area contributed by atoms with Crippen LogP contribution in [0.5, 0.6) is 0 Å². The predicted molar refractivity (Wildman–Crippen MR) is 82.0 cm³/mol. The van der Waals surface area contributed by atoms with Crippen LogP contribution in [0, 0.1) is 10.1 Å². The number of benzene rings is 2. The largest absolute Gasteiger partial charge is 0.284 e. The van der Waals surface area contributed by atoms with E-state index in [0.717, 1.165) is 6.26 Å². The maximum absolute atomic E-state index is 11.2. The summed E-state index contributed by atoms with van der Waals surface area (Å²) >= 11 is 6.12. The highest BCUT2D eigenvalue weighted by atomic mass is 35.5. The Bertz CT molecular complexity index is 806. The van der Waals surface area contributed by atoms with Gasteiger partial charge in [0.15, 0.2) is 0 Å². The van der Waals surface area contributed by atoms with Gasteiger partial charge in [0, 0.05) is 23.4 Å². The average Bonchev–Trinajstić information content (AvgIpc) is 2.37. The maximum Gasteiger partial charge on any atom is 0.270 e. The summed E-state index contributed by atoms with van der Waals surface area (Å²) in [6.07, 6.45) is 1.04. The van der Waals surface area contributed by atoms with Crippen molar-refractivity contribution in [1.82, 2.24) is 0 Å². The second-order valence-electron chi connectivity index (χ2n) is 4.38. The summed E-state index contributed by atoms with van der Waals surface area (Å²) in [5, 5.41) is 11.1. The fourth-order valence-electron chi connectivity index (χ4n) is 1.81. The zero-order chi connectivity index (χ0) is 15.6. The number of rotatable bonds is 4. The maximum atomic E-state index is 11.2. The number of nitrogens with zero attached hydrogens (tertiary/aromatic N) is 1. The van der Waals surface area contributed by atoms with E-state index in [2.05, 4.69) is 4.72 Å². The number of anilines is 1. The van der Waals surface area contributed by atoms with Crippen LogP contribution < -0.4 is 4.72 Å². The molecule has 0 unspecified atom stereocenters. The van der Waals surface area contributed by atoms with Crippen molar-refractivity contribution in [1.29, 1.82) is 0 Å². The molecule has 2 aromatic carbocycles. The van der Waals surface area contributed by atoms with Crippen molar-refractivity contribution < 1.29 is 13.3 Å². The van der Waals surface area contributed by atoms with Crippen LogP contribution in [0.4, 0.5) is 11.4 Å². The lowest BCUT2D eigenvalue weighted by atomic mass is 10.0. The molecule has 0 aliphatic heterocycles. The molecule has 21 heavy (non-hydrogen) atoms. The van der Waals surface area contributed by atoms with E-state index in [-0.39, 0.29) is 5.69 Å². The molecule has 0 fully saturated rings. The molecule has 0 bridgehead atoms. The highest BCUT2D eigenvalue weighted by molar-refractivity contribution is 7.92. The van der Waals surface area contributed by atoms with Gasteiger partial charge in [-0.05, 0) is 17.7 Å². The van der Waals surface area contributed by atoms with Gasteiger partial charge in [-0.25, -0.2) is 8.42 Å². The summed E-state index contributed by atoms with van der Waals surface area (Å²) in [5.41, 5.74) is 1.46. The third-order valence-corrected chi connectivity index (χ3v) is 3.56. The molecule has 0 amide bonds. The topological polar surface area (TPSA) is 89.3 Å². The number of sulfonamides is 1. The van der Waals surface area contributed by atoms with Crippen LogP contribution in [0.2, 0.25) is 5.02 Å². The SMILES string of the molecule is CS(=O)(=O)Nc1ccc(-c2cccc([N+](=O)[O-])c2)c(Cl)c1. The van der Waals surface area contributed by atoms with Crippen LogP contribution in [0.25, 0.3) is 11.1 Å². The van der Waals surface area contributed by atoms with E-state index in [1.54, 1.807) is 24.3 Å². The fraction of sp³-hybridized carbons (Fsp3) is 0.0769. The van der Waals surface area contributed by atoms with Crippen molar-refractivity contribution in [3.05, 3.63) is 57.6 Å². The molecule has 0 aliphatic carbocycles. The van der Waals surface area contributed by atoms with E-state index in [1.165, 1.54) is 18.2 Å². The molecule has 0 radical (unpaired) electrons. The van der Waals surface area contributed by atoms with Gasteiger partial charge in [-0.2, -0.15) is 0 Å². The van der Waals surface area contributed by atoms with Crippen LogP contribution in [-0.2, 0) is 10.0 Å². The molecule has 0 atom stereocenters. The van der Waals surface area contributed by atoms with E-state index in [9.17, 15) is 18.5 Å². The van der Waals surface area contributed by atoms with Gasteiger partial charge in [-0.15, -0.1) is 0 Å². The van der Waals surface area contributed by atoms with Crippen LogP contribution >= 0.6 is 11.6 Å². The predicted octanol–water partition coefficient (Wildman–Crippen LogP) is 3.29. The van der Waals surface area contributed by atoms with Crippen LogP contribution in [0.1, 0.15) is 0 Å². The molecule has 0 saturated carbocycles. The van der Waals surface area contributed by atoms with E-state index in [1.807, 2.05) is 0 Å². The van der Waals surface area contributed by atoms with Crippen LogP contribution in [-0.4, -0.2) is 19.6 Å². The van der Waals surface area contributed by atoms with Gasteiger partial charge in [-0.3, -0.25) is 14.8 Å². The van der Waals surface area contributed by atoms with Crippen LogP contribution in [0.15, 0.2) is 42.5 Å². The smallest absolute Gasteiger partial charge is 0.270 e. The summed E-state index contributed by atoms with van der Waals surface area (Å²) < 4.78 is 24.6. The second-order valence-corrected chi connectivity index (χ2v) is 6.53.